The summed E-state index contributed by atoms with van der Waals surface area (Å²) in [5.74, 6) is -0.530. The molecular weight excluding hydrogens is 334 g/mol. The smallest absolute Gasteiger partial charge is 0.356 e. The molecule has 0 aliphatic carbocycles. The van der Waals surface area contributed by atoms with E-state index in [1.807, 2.05) is 13.0 Å². The molecule has 7 nitrogen and oxygen atoms in total. The number of carbonyl (C=O) groups excluding carboxylic acids is 1. The second kappa shape index (κ2) is 6.63. The fourth-order valence-corrected chi connectivity index (χ4v) is 3.47. The first-order chi connectivity index (χ1) is 12.2. The number of aryl methyl sites for hydroxylation is 1. The Balaban J connectivity index is 2.15. The molecule has 0 aromatic carbocycles. The average Bonchev–Trinajstić information content (AvgIpc) is 2.99. The number of hydrogen-bond donors (Lipinski definition) is 1. The molecule has 3 heterocycles. The van der Waals surface area contributed by atoms with E-state index in [-0.39, 0.29) is 23.5 Å². The van der Waals surface area contributed by atoms with Crippen molar-refractivity contribution in [3.05, 3.63) is 29.1 Å². The van der Waals surface area contributed by atoms with Crippen LogP contribution in [0.3, 0.4) is 0 Å². The van der Waals surface area contributed by atoms with Gasteiger partial charge in [0.1, 0.15) is 11.5 Å². The van der Waals surface area contributed by atoms with E-state index in [9.17, 15) is 14.7 Å². The first kappa shape index (κ1) is 18.2. The predicted octanol–water partition coefficient (Wildman–Crippen LogP) is 2.68. The maximum atomic E-state index is 12.0. The number of nitrogens with zero attached hydrogens (tertiary/aromatic N) is 3. The predicted molar refractivity (Wildman–Crippen MR) is 97.8 cm³/mol. The van der Waals surface area contributed by atoms with Gasteiger partial charge in [-0.2, -0.15) is 0 Å². The quantitative estimate of drug-likeness (QED) is 0.845. The Morgan fingerprint density at radius 2 is 1.96 bits per heavy atom. The molecule has 1 aliphatic heterocycles. The highest BCUT2D eigenvalue weighted by Crippen LogP contribution is 2.35. The van der Waals surface area contributed by atoms with Crippen LogP contribution < -0.4 is 4.90 Å². The zero-order chi connectivity index (χ0) is 19.1. The van der Waals surface area contributed by atoms with Crippen molar-refractivity contribution in [1.29, 1.82) is 0 Å². The van der Waals surface area contributed by atoms with Gasteiger partial charge < -0.3 is 14.7 Å². The van der Waals surface area contributed by atoms with Crippen molar-refractivity contribution in [2.75, 3.05) is 25.1 Å². The van der Waals surface area contributed by atoms with E-state index >= 15 is 0 Å². The Hall–Kier alpha value is -2.57. The van der Waals surface area contributed by atoms with Crippen molar-refractivity contribution >= 4 is 23.4 Å². The van der Waals surface area contributed by atoms with Gasteiger partial charge in [0.2, 0.25) is 0 Å². The second-order valence-electron chi connectivity index (χ2n) is 7.69. The van der Waals surface area contributed by atoms with Gasteiger partial charge in [0.15, 0.2) is 5.69 Å². The number of hydrogen-bond acceptors (Lipinski definition) is 5. The fraction of sp³-hybridized carbons (Fsp3) is 0.526. The van der Waals surface area contributed by atoms with Crippen molar-refractivity contribution in [1.82, 2.24) is 9.38 Å². The van der Waals surface area contributed by atoms with Gasteiger partial charge in [-0.15, -0.1) is 0 Å². The molecule has 26 heavy (non-hydrogen) atoms. The number of esters is 1. The zero-order valence-electron chi connectivity index (χ0n) is 15.7. The van der Waals surface area contributed by atoms with E-state index in [2.05, 4.69) is 23.7 Å². The van der Waals surface area contributed by atoms with Crippen LogP contribution in [0.1, 0.15) is 48.3 Å². The third-order valence-corrected chi connectivity index (χ3v) is 5.24. The maximum Gasteiger partial charge on any atom is 0.356 e. The Kier molecular flexibility index (Phi) is 4.64. The van der Waals surface area contributed by atoms with Crippen LogP contribution in [0, 0.1) is 12.3 Å². The average molecular weight is 359 g/mol. The molecule has 140 valence electrons. The van der Waals surface area contributed by atoms with Crippen LogP contribution in [0.25, 0.3) is 5.65 Å². The first-order valence-electron chi connectivity index (χ1n) is 8.78. The lowest BCUT2D eigenvalue weighted by atomic mass is 9.82. The number of ether oxygens (including phenoxy) is 1. The number of fused-ring (bicyclic) bond motifs is 1. The number of methoxy groups -OCH3 is 1. The standard InChI is InChI=1S/C19H25N3O4/c1-12-9-15-20-14(18(24)25)11-22(15)17(13(12)10-16(23)26-4)21-7-5-19(2,3)6-8-21/h9,11H,5-8,10H2,1-4H3,(H,24,25). The Morgan fingerprint density at radius 1 is 1.31 bits per heavy atom. The molecule has 0 radical (unpaired) electrons. The summed E-state index contributed by atoms with van der Waals surface area (Å²) < 4.78 is 6.66. The van der Waals surface area contributed by atoms with Crippen LogP contribution in [0.5, 0.6) is 0 Å². The number of imidazole rings is 1. The minimum Gasteiger partial charge on any atom is -0.476 e. The SMILES string of the molecule is COC(=O)Cc1c(C)cc2nc(C(=O)O)cn2c1N1CCC(C)(C)CC1. The summed E-state index contributed by atoms with van der Waals surface area (Å²) in [6, 6.07) is 1.82. The summed E-state index contributed by atoms with van der Waals surface area (Å²) in [6.45, 7) is 8.13. The monoisotopic (exact) mass is 359 g/mol. The summed E-state index contributed by atoms with van der Waals surface area (Å²) in [5, 5.41) is 9.31. The molecule has 0 saturated carbocycles. The third-order valence-electron chi connectivity index (χ3n) is 5.24. The highest BCUT2D eigenvalue weighted by molar-refractivity contribution is 5.86. The molecular formula is C19H25N3O4. The van der Waals surface area contributed by atoms with E-state index in [1.165, 1.54) is 13.3 Å². The van der Waals surface area contributed by atoms with Gasteiger partial charge in [-0.1, -0.05) is 13.8 Å². The normalized spacial score (nSPS) is 16.7. The van der Waals surface area contributed by atoms with Crippen molar-refractivity contribution in [3.8, 4) is 0 Å². The van der Waals surface area contributed by atoms with Crippen LogP contribution in [-0.4, -0.2) is 46.6 Å². The Morgan fingerprint density at radius 3 is 2.54 bits per heavy atom. The Bertz CT molecular complexity index is 859. The first-order valence-corrected chi connectivity index (χ1v) is 8.78. The van der Waals surface area contributed by atoms with E-state index in [0.29, 0.717) is 5.65 Å². The molecule has 1 saturated heterocycles. The largest absolute Gasteiger partial charge is 0.476 e. The topological polar surface area (TPSA) is 84.1 Å². The van der Waals surface area contributed by atoms with E-state index < -0.39 is 5.97 Å². The highest BCUT2D eigenvalue weighted by atomic mass is 16.5. The molecule has 3 rings (SSSR count). The van der Waals surface area contributed by atoms with Gasteiger partial charge in [0.25, 0.3) is 0 Å². The number of carboxylic acid groups (broad SMARTS) is 1. The number of piperidine rings is 1. The molecule has 0 unspecified atom stereocenters. The van der Waals surface area contributed by atoms with Crippen molar-refractivity contribution < 1.29 is 19.4 Å². The highest BCUT2D eigenvalue weighted by Gasteiger charge is 2.29. The number of rotatable bonds is 4. The Labute approximate surface area is 152 Å². The lowest BCUT2D eigenvalue weighted by molar-refractivity contribution is -0.139. The summed E-state index contributed by atoms with van der Waals surface area (Å²) in [7, 11) is 1.37. The molecule has 0 amide bonds. The van der Waals surface area contributed by atoms with Gasteiger partial charge >= 0.3 is 11.9 Å². The molecule has 7 heteroatoms. The summed E-state index contributed by atoms with van der Waals surface area (Å²) in [4.78, 5) is 29.8. The maximum absolute atomic E-state index is 12.0. The zero-order valence-corrected chi connectivity index (χ0v) is 15.7. The molecule has 1 fully saturated rings. The number of aromatic nitrogens is 2. The third kappa shape index (κ3) is 3.38. The molecule has 0 bridgehead atoms. The van der Waals surface area contributed by atoms with Crippen LogP contribution in [0.15, 0.2) is 12.3 Å². The number of anilines is 1. The lowest BCUT2D eigenvalue weighted by Gasteiger charge is -2.39. The van der Waals surface area contributed by atoms with Crippen molar-refractivity contribution in [2.24, 2.45) is 5.41 Å². The van der Waals surface area contributed by atoms with Crippen LogP contribution >= 0.6 is 0 Å². The van der Waals surface area contributed by atoms with Gasteiger partial charge in [0.05, 0.1) is 13.5 Å². The van der Waals surface area contributed by atoms with Crippen LogP contribution in [-0.2, 0) is 16.0 Å². The van der Waals surface area contributed by atoms with Crippen molar-refractivity contribution in [3.63, 3.8) is 0 Å². The van der Waals surface area contributed by atoms with E-state index in [0.717, 1.165) is 42.9 Å². The van der Waals surface area contributed by atoms with Gasteiger partial charge in [-0.25, -0.2) is 9.78 Å². The van der Waals surface area contributed by atoms with Crippen LogP contribution in [0.4, 0.5) is 5.82 Å². The fourth-order valence-electron chi connectivity index (χ4n) is 3.47. The summed E-state index contributed by atoms with van der Waals surface area (Å²) >= 11 is 0. The van der Waals surface area contributed by atoms with Gasteiger partial charge in [-0.05, 0) is 36.8 Å². The number of pyridine rings is 1. The van der Waals surface area contributed by atoms with E-state index in [4.69, 9.17) is 4.74 Å². The molecule has 0 atom stereocenters. The minimum absolute atomic E-state index is 0.00166. The van der Waals surface area contributed by atoms with E-state index in [1.54, 1.807) is 4.40 Å². The van der Waals surface area contributed by atoms with Crippen molar-refractivity contribution in [2.45, 2.75) is 40.0 Å². The summed E-state index contributed by atoms with van der Waals surface area (Å²) in [6.07, 6.45) is 3.74. The van der Waals surface area contributed by atoms with Gasteiger partial charge in [-0.3, -0.25) is 9.20 Å². The number of carboxylic acids is 1. The number of aromatic carboxylic acids is 1. The lowest BCUT2D eigenvalue weighted by Crippen LogP contribution is -2.39. The molecule has 2 aromatic rings. The van der Waals surface area contributed by atoms with Crippen LogP contribution in [0.2, 0.25) is 0 Å². The second-order valence-corrected chi connectivity index (χ2v) is 7.69. The molecule has 0 spiro atoms. The van der Waals surface area contributed by atoms with Gasteiger partial charge in [0, 0.05) is 24.8 Å². The molecule has 2 aromatic heterocycles. The minimum atomic E-state index is -1.06. The molecule has 1 N–H and O–H groups in total. The molecule has 1 aliphatic rings. The number of carbonyl (C=O) groups is 2. The summed E-state index contributed by atoms with van der Waals surface area (Å²) in [5.41, 5.74) is 2.62.